The lowest BCUT2D eigenvalue weighted by Crippen LogP contribution is -2.41. The molecule has 29 heavy (non-hydrogen) atoms. The number of carboxylic acid groups (broad SMARTS) is 1. The highest BCUT2D eigenvalue weighted by Crippen LogP contribution is 2.35. The molecule has 0 spiro atoms. The molecule has 3 rings (SSSR count). The molecule has 1 aromatic rings. The molecule has 0 radical (unpaired) electrons. The standard InChI is InChI=1S/C22H32F2N2O3/c1-3-16-5-6-17(15-25-11-9-22(23,24)10-12-25)19(21(27)28)20(16)26(4-2)18-7-13-29-14-8-18/h5-6,18H,3-4,7-15H2,1-2H3,(H,27,28). The molecule has 0 amide bonds. The highest BCUT2D eigenvalue weighted by molar-refractivity contribution is 5.97. The van der Waals surface area contributed by atoms with Crippen LogP contribution in [-0.2, 0) is 17.7 Å². The lowest BCUT2D eigenvalue weighted by atomic mass is 9.94. The number of halogens is 2. The predicted octanol–water partition coefficient (Wildman–Crippen LogP) is 4.18. The lowest BCUT2D eigenvalue weighted by molar-refractivity contribution is -0.0567. The third-order valence-electron chi connectivity index (χ3n) is 6.18. The average molecular weight is 411 g/mol. The van der Waals surface area contributed by atoms with Crippen molar-refractivity contribution < 1.29 is 23.4 Å². The minimum Gasteiger partial charge on any atom is -0.478 e. The first-order valence-corrected chi connectivity index (χ1v) is 10.7. The molecular formula is C22H32F2N2O3. The molecule has 1 aromatic carbocycles. The Bertz CT molecular complexity index is 710. The summed E-state index contributed by atoms with van der Waals surface area (Å²) in [5.41, 5.74) is 2.86. The molecule has 2 saturated heterocycles. The minimum absolute atomic E-state index is 0.168. The van der Waals surface area contributed by atoms with E-state index < -0.39 is 11.9 Å². The summed E-state index contributed by atoms with van der Waals surface area (Å²) in [7, 11) is 0. The maximum absolute atomic E-state index is 13.5. The lowest BCUT2D eigenvalue weighted by Gasteiger charge is -2.38. The Kier molecular flexibility index (Phi) is 7.11. The molecule has 0 atom stereocenters. The van der Waals surface area contributed by atoms with Crippen molar-refractivity contribution in [3.8, 4) is 0 Å². The van der Waals surface area contributed by atoms with Gasteiger partial charge in [0.05, 0.1) is 11.3 Å². The van der Waals surface area contributed by atoms with E-state index in [1.165, 1.54) is 0 Å². The molecule has 0 unspecified atom stereocenters. The fourth-order valence-electron chi connectivity index (χ4n) is 4.53. The van der Waals surface area contributed by atoms with E-state index in [2.05, 4.69) is 11.8 Å². The van der Waals surface area contributed by atoms with Gasteiger partial charge < -0.3 is 14.7 Å². The third-order valence-corrected chi connectivity index (χ3v) is 6.18. The topological polar surface area (TPSA) is 53.0 Å². The predicted molar refractivity (Wildman–Crippen MR) is 109 cm³/mol. The summed E-state index contributed by atoms with van der Waals surface area (Å²) in [6, 6.07) is 4.13. The number of hydrogen-bond donors (Lipinski definition) is 1. The Labute approximate surface area is 171 Å². The fourth-order valence-corrected chi connectivity index (χ4v) is 4.53. The van der Waals surface area contributed by atoms with Crippen molar-refractivity contribution in [1.82, 2.24) is 4.90 Å². The number of anilines is 1. The molecular weight excluding hydrogens is 378 g/mol. The summed E-state index contributed by atoms with van der Waals surface area (Å²) in [5, 5.41) is 10.1. The first kappa shape index (κ1) is 22.0. The van der Waals surface area contributed by atoms with Gasteiger partial charge in [0, 0.05) is 58.3 Å². The van der Waals surface area contributed by atoms with E-state index in [1.807, 2.05) is 24.0 Å². The van der Waals surface area contributed by atoms with Crippen molar-refractivity contribution in [1.29, 1.82) is 0 Å². The van der Waals surface area contributed by atoms with E-state index >= 15 is 0 Å². The van der Waals surface area contributed by atoms with Crippen LogP contribution in [0.2, 0.25) is 0 Å². The zero-order valence-electron chi connectivity index (χ0n) is 17.4. The van der Waals surface area contributed by atoms with Crippen molar-refractivity contribution in [3.63, 3.8) is 0 Å². The molecule has 2 aliphatic heterocycles. The summed E-state index contributed by atoms with van der Waals surface area (Å²) in [5.74, 6) is -3.55. The van der Waals surface area contributed by atoms with Gasteiger partial charge in [-0.15, -0.1) is 0 Å². The number of likely N-dealkylation sites (tertiary alicyclic amines) is 1. The van der Waals surface area contributed by atoms with Crippen molar-refractivity contribution in [3.05, 3.63) is 28.8 Å². The highest BCUT2D eigenvalue weighted by atomic mass is 19.3. The van der Waals surface area contributed by atoms with Gasteiger partial charge in [-0.3, -0.25) is 4.90 Å². The number of benzene rings is 1. The first-order valence-electron chi connectivity index (χ1n) is 10.7. The molecule has 162 valence electrons. The molecule has 2 aliphatic rings. The van der Waals surface area contributed by atoms with Gasteiger partial charge in [-0.2, -0.15) is 0 Å². The molecule has 5 nitrogen and oxygen atoms in total. The number of carbonyl (C=O) groups is 1. The molecule has 1 N–H and O–H groups in total. The van der Waals surface area contributed by atoms with Crippen molar-refractivity contribution >= 4 is 11.7 Å². The minimum atomic E-state index is -2.61. The van der Waals surface area contributed by atoms with Gasteiger partial charge in [-0.25, -0.2) is 13.6 Å². The molecule has 2 heterocycles. The molecule has 0 bridgehead atoms. The molecule has 0 saturated carbocycles. The number of ether oxygens (including phenoxy) is 1. The quantitative estimate of drug-likeness (QED) is 0.731. The van der Waals surface area contributed by atoms with Crippen LogP contribution in [0.5, 0.6) is 0 Å². The van der Waals surface area contributed by atoms with Crippen molar-refractivity contribution in [2.75, 3.05) is 37.7 Å². The van der Waals surface area contributed by atoms with E-state index in [0.29, 0.717) is 30.9 Å². The zero-order valence-corrected chi connectivity index (χ0v) is 17.4. The molecule has 0 aliphatic carbocycles. The van der Waals surface area contributed by atoms with Crippen molar-refractivity contribution in [2.45, 2.75) is 64.5 Å². The van der Waals surface area contributed by atoms with Crippen LogP contribution >= 0.6 is 0 Å². The Morgan fingerprint density at radius 1 is 1.21 bits per heavy atom. The number of aryl methyl sites for hydroxylation is 1. The second-order valence-corrected chi connectivity index (χ2v) is 8.03. The maximum atomic E-state index is 13.5. The summed E-state index contributed by atoms with van der Waals surface area (Å²) in [6.07, 6.45) is 2.16. The largest absolute Gasteiger partial charge is 0.478 e. The molecule has 7 heteroatoms. The summed E-state index contributed by atoms with van der Waals surface area (Å²) < 4.78 is 32.5. The van der Waals surface area contributed by atoms with Gasteiger partial charge in [0.1, 0.15) is 0 Å². The molecule has 2 fully saturated rings. The van der Waals surface area contributed by atoms with Crippen LogP contribution in [0.3, 0.4) is 0 Å². The van der Waals surface area contributed by atoms with Crippen molar-refractivity contribution in [2.24, 2.45) is 0 Å². The van der Waals surface area contributed by atoms with Gasteiger partial charge >= 0.3 is 5.97 Å². The zero-order chi connectivity index (χ0) is 21.0. The number of alkyl halides is 2. The van der Waals surface area contributed by atoms with Crippen LogP contribution in [0.4, 0.5) is 14.5 Å². The van der Waals surface area contributed by atoms with Gasteiger partial charge in [-0.1, -0.05) is 19.1 Å². The van der Waals surface area contributed by atoms with Gasteiger partial charge in [0.2, 0.25) is 0 Å². The fraction of sp³-hybridized carbons (Fsp3) is 0.682. The number of hydrogen-bond acceptors (Lipinski definition) is 4. The number of nitrogens with zero attached hydrogens (tertiary/aromatic N) is 2. The molecule has 0 aromatic heterocycles. The van der Waals surface area contributed by atoms with Crippen LogP contribution < -0.4 is 4.90 Å². The van der Waals surface area contributed by atoms with Gasteiger partial charge in [0.15, 0.2) is 0 Å². The van der Waals surface area contributed by atoms with Crippen LogP contribution in [0.25, 0.3) is 0 Å². The number of rotatable bonds is 7. The van der Waals surface area contributed by atoms with E-state index in [1.54, 1.807) is 0 Å². The Hall–Kier alpha value is -1.73. The smallest absolute Gasteiger partial charge is 0.338 e. The van der Waals surface area contributed by atoms with Gasteiger partial charge in [-0.05, 0) is 37.3 Å². The number of carboxylic acids is 1. The summed E-state index contributed by atoms with van der Waals surface area (Å²) in [6.45, 7) is 7.15. The first-order chi connectivity index (χ1) is 13.9. The van der Waals surface area contributed by atoms with Gasteiger partial charge in [0.25, 0.3) is 5.92 Å². The highest BCUT2D eigenvalue weighted by Gasteiger charge is 2.35. The van der Waals surface area contributed by atoms with E-state index in [0.717, 1.165) is 37.1 Å². The van der Waals surface area contributed by atoms with E-state index in [-0.39, 0.29) is 32.0 Å². The Morgan fingerprint density at radius 2 is 1.83 bits per heavy atom. The van der Waals surface area contributed by atoms with Crippen LogP contribution in [0.15, 0.2) is 12.1 Å². The van der Waals surface area contributed by atoms with Crippen LogP contribution in [-0.4, -0.2) is 60.8 Å². The SMILES string of the molecule is CCc1ccc(CN2CCC(F)(F)CC2)c(C(=O)O)c1N(CC)C1CCOCC1. The number of piperidine rings is 1. The Morgan fingerprint density at radius 3 is 2.38 bits per heavy atom. The summed E-state index contributed by atoms with van der Waals surface area (Å²) >= 11 is 0. The second-order valence-electron chi connectivity index (χ2n) is 8.03. The van der Waals surface area contributed by atoms with E-state index in [4.69, 9.17) is 4.74 Å². The third kappa shape index (κ3) is 5.07. The summed E-state index contributed by atoms with van der Waals surface area (Å²) in [4.78, 5) is 16.5. The number of aromatic carboxylic acids is 1. The Balaban J connectivity index is 1.95. The monoisotopic (exact) mass is 410 g/mol. The van der Waals surface area contributed by atoms with Crippen LogP contribution in [0, 0.1) is 0 Å². The normalized spacial score (nSPS) is 20.6. The van der Waals surface area contributed by atoms with E-state index in [9.17, 15) is 18.7 Å². The average Bonchev–Trinajstić information content (AvgIpc) is 2.71. The van der Waals surface area contributed by atoms with Crippen LogP contribution in [0.1, 0.15) is 61.0 Å². The maximum Gasteiger partial charge on any atom is 0.338 e. The second kappa shape index (κ2) is 9.39.